The highest BCUT2D eigenvalue weighted by molar-refractivity contribution is 5.90. The van der Waals surface area contributed by atoms with Crippen LogP contribution in [0.25, 0.3) is 0 Å². The molecule has 0 aliphatic heterocycles. The minimum atomic E-state index is -4.45. The maximum Gasteiger partial charge on any atom is 0.422 e. The monoisotopic (exact) mass is 306 g/mol. The number of hydrogen-bond acceptors (Lipinski definition) is 4. The fourth-order valence-corrected chi connectivity index (χ4v) is 1.32. The third kappa shape index (κ3) is 7.75. The van der Waals surface area contributed by atoms with Crippen LogP contribution in [-0.2, 0) is 9.59 Å². The molecule has 116 valence electrons. The summed E-state index contributed by atoms with van der Waals surface area (Å²) >= 11 is 0. The SMILES string of the molecule is O=C(O)CCCC(=O)Nc1ccc(OCC(F)(F)F)nc1. The average Bonchev–Trinajstić information content (AvgIpc) is 2.36. The Labute approximate surface area is 117 Å². The maximum atomic E-state index is 11.9. The summed E-state index contributed by atoms with van der Waals surface area (Å²) in [6.07, 6.45) is -3.19. The van der Waals surface area contributed by atoms with E-state index < -0.39 is 24.7 Å². The van der Waals surface area contributed by atoms with E-state index in [9.17, 15) is 22.8 Å². The number of anilines is 1. The molecule has 0 atom stereocenters. The van der Waals surface area contributed by atoms with E-state index in [-0.39, 0.29) is 30.8 Å². The van der Waals surface area contributed by atoms with Crippen LogP contribution in [0.5, 0.6) is 5.88 Å². The van der Waals surface area contributed by atoms with Crippen LogP contribution in [0, 0.1) is 0 Å². The number of ether oxygens (including phenoxy) is 1. The van der Waals surface area contributed by atoms with E-state index >= 15 is 0 Å². The summed E-state index contributed by atoms with van der Waals surface area (Å²) in [7, 11) is 0. The summed E-state index contributed by atoms with van der Waals surface area (Å²) < 4.78 is 40.2. The lowest BCUT2D eigenvalue weighted by Crippen LogP contribution is -2.19. The minimum absolute atomic E-state index is 0.0264. The molecule has 0 spiro atoms. The number of carboxylic acids is 1. The number of carbonyl (C=O) groups is 2. The van der Waals surface area contributed by atoms with E-state index in [1.165, 1.54) is 12.1 Å². The van der Waals surface area contributed by atoms with E-state index in [0.717, 1.165) is 6.20 Å². The number of halogens is 3. The predicted molar refractivity (Wildman–Crippen MR) is 65.9 cm³/mol. The fourth-order valence-electron chi connectivity index (χ4n) is 1.32. The number of aliphatic carboxylic acids is 1. The van der Waals surface area contributed by atoms with Gasteiger partial charge in [0.2, 0.25) is 11.8 Å². The molecule has 1 aromatic rings. The Morgan fingerprint density at radius 1 is 1.29 bits per heavy atom. The van der Waals surface area contributed by atoms with Gasteiger partial charge in [0.15, 0.2) is 6.61 Å². The minimum Gasteiger partial charge on any atom is -0.481 e. The van der Waals surface area contributed by atoms with Gasteiger partial charge in [-0.1, -0.05) is 0 Å². The smallest absolute Gasteiger partial charge is 0.422 e. The van der Waals surface area contributed by atoms with Crippen molar-refractivity contribution in [3.05, 3.63) is 18.3 Å². The zero-order valence-corrected chi connectivity index (χ0v) is 10.8. The predicted octanol–water partition coefficient (Wildman–Crippen LogP) is 2.22. The molecule has 0 saturated carbocycles. The Balaban J connectivity index is 2.40. The summed E-state index contributed by atoms with van der Waals surface area (Å²) in [5.41, 5.74) is 0.287. The lowest BCUT2D eigenvalue weighted by atomic mass is 10.2. The van der Waals surface area contributed by atoms with Gasteiger partial charge in [-0.3, -0.25) is 9.59 Å². The van der Waals surface area contributed by atoms with Gasteiger partial charge in [0.1, 0.15) is 0 Å². The van der Waals surface area contributed by atoms with Crippen molar-refractivity contribution in [1.29, 1.82) is 0 Å². The highest BCUT2D eigenvalue weighted by Crippen LogP contribution is 2.18. The van der Waals surface area contributed by atoms with Crippen molar-refractivity contribution in [2.45, 2.75) is 25.4 Å². The normalized spacial score (nSPS) is 11.0. The van der Waals surface area contributed by atoms with Crippen LogP contribution in [0.4, 0.5) is 18.9 Å². The Bertz CT molecular complexity index is 488. The van der Waals surface area contributed by atoms with E-state index in [1.807, 2.05) is 0 Å². The second-order valence-electron chi connectivity index (χ2n) is 4.08. The third-order valence-electron chi connectivity index (χ3n) is 2.20. The molecule has 0 saturated heterocycles. The Morgan fingerprint density at radius 3 is 2.52 bits per heavy atom. The van der Waals surface area contributed by atoms with Crippen molar-refractivity contribution < 1.29 is 32.6 Å². The van der Waals surface area contributed by atoms with Crippen LogP contribution in [0.3, 0.4) is 0 Å². The molecule has 0 radical (unpaired) electrons. The zero-order valence-electron chi connectivity index (χ0n) is 10.8. The van der Waals surface area contributed by atoms with Crippen molar-refractivity contribution in [2.75, 3.05) is 11.9 Å². The molecule has 9 heteroatoms. The quantitative estimate of drug-likeness (QED) is 0.806. The lowest BCUT2D eigenvalue weighted by molar-refractivity contribution is -0.154. The van der Waals surface area contributed by atoms with Gasteiger partial charge in [-0.15, -0.1) is 0 Å². The van der Waals surface area contributed by atoms with Gasteiger partial charge in [0, 0.05) is 18.9 Å². The first kappa shape index (κ1) is 16.7. The molecule has 0 aliphatic carbocycles. The molecule has 0 unspecified atom stereocenters. The topological polar surface area (TPSA) is 88.5 Å². The number of carboxylic acid groups (broad SMARTS) is 1. The van der Waals surface area contributed by atoms with Crippen molar-refractivity contribution in [3.63, 3.8) is 0 Å². The van der Waals surface area contributed by atoms with Gasteiger partial charge in [0.05, 0.1) is 11.9 Å². The van der Waals surface area contributed by atoms with Crippen molar-refractivity contribution in [3.8, 4) is 5.88 Å². The van der Waals surface area contributed by atoms with E-state index in [1.54, 1.807) is 0 Å². The number of aromatic nitrogens is 1. The van der Waals surface area contributed by atoms with Crippen LogP contribution >= 0.6 is 0 Å². The van der Waals surface area contributed by atoms with Crippen LogP contribution in [0.1, 0.15) is 19.3 Å². The number of amides is 1. The molecule has 0 fully saturated rings. The first-order chi connectivity index (χ1) is 9.76. The Hall–Kier alpha value is -2.32. The van der Waals surface area contributed by atoms with Gasteiger partial charge in [-0.2, -0.15) is 13.2 Å². The van der Waals surface area contributed by atoms with E-state index in [2.05, 4.69) is 15.0 Å². The number of nitrogens with one attached hydrogen (secondary N) is 1. The molecule has 1 aromatic heterocycles. The first-order valence-electron chi connectivity index (χ1n) is 5.93. The highest BCUT2D eigenvalue weighted by atomic mass is 19.4. The lowest BCUT2D eigenvalue weighted by Gasteiger charge is -2.09. The molecule has 0 aliphatic rings. The van der Waals surface area contributed by atoms with Gasteiger partial charge in [-0.25, -0.2) is 4.98 Å². The second kappa shape index (κ2) is 7.46. The summed E-state index contributed by atoms with van der Waals surface area (Å²) in [5.74, 6) is -1.60. The second-order valence-corrected chi connectivity index (χ2v) is 4.08. The number of carbonyl (C=O) groups excluding carboxylic acids is 1. The largest absolute Gasteiger partial charge is 0.481 e. The van der Waals surface area contributed by atoms with Crippen LogP contribution in [0.15, 0.2) is 18.3 Å². The average molecular weight is 306 g/mol. The molecule has 1 amide bonds. The molecule has 2 N–H and O–H groups in total. The number of nitrogens with zero attached hydrogens (tertiary/aromatic N) is 1. The molecule has 1 rings (SSSR count). The molecular weight excluding hydrogens is 293 g/mol. The molecule has 0 aromatic carbocycles. The third-order valence-corrected chi connectivity index (χ3v) is 2.20. The van der Waals surface area contributed by atoms with Crippen molar-refractivity contribution >= 4 is 17.6 Å². The maximum absolute atomic E-state index is 11.9. The molecule has 6 nitrogen and oxygen atoms in total. The Morgan fingerprint density at radius 2 is 2.00 bits per heavy atom. The van der Waals surface area contributed by atoms with E-state index in [0.29, 0.717) is 0 Å². The standard InChI is InChI=1S/C12H13F3N2O4/c13-12(14,15)7-21-10-5-4-8(6-16-10)17-9(18)2-1-3-11(19)20/h4-6H,1-3,7H2,(H,17,18)(H,19,20). The summed E-state index contributed by atoms with van der Waals surface area (Å²) in [6.45, 7) is -1.44. The van der Waals surface area contributed by atoms with Gasteiger partial charge in [-0.05, 0) is 12.5 Å². The highest BCUT2D eigenvalue weighted by Gasteiger charge is 2.28. The van der Waals surface area contributed by atoms with Gasteiger partial charge in [0.25, 0.3) is 0 Å². The molecule has 1 heterocycles. The van der Waals surface area contributed by atoms with Crippen molar-refractivity contribution in [1.82, 2.24) is 4.98 Å². The number of hydrogen-bond donors (Lipinski definition) is 2. The molecular formula is C12H13F3N2O4. The zero-order chi connectivity index (χ0) is 15.9. The number of rotatable bonds is 7. The number of pyridine rings is 1. The molecule has 21 heavy (non-hydrogen) atoms. The van der Waals surface area contributed by atoms with Crippen molar-refractivity contribution in [2.24, 2.45) is 0 Å². The van der Waals surface area contributed by atoms with Crippen LogP contribution < -0.4 is 10.1 Å². The van der Waals surface area contributed by atoms with Crippen LogP contribution in [0.2, 0.25) is 0 Å². The summed E-state index contributed by atoms with van der Waals surface area (Å²) in [4.78, 5) is 25.3. The Kier molecular flexibility index (Phi) is 5.94. The van der Waals surface area contributed by atoms with Gasteiger partial charge < -0.3 is 15.2 Å². The summed E-state index contributed by atoms with van der Waals surface area (Å²) in [5, 5.41) is 10.9. The van der Waals surface area contributed by atoms with E-state index in [4.69, 9.17) is 5.11 Å². The first-order valence-corrected chi connectivity index (χ1v) is 5.93. The van der Waals surface area contributed by atoms with Gasteiger partial charge >= 0.3 is 12.1 Å². The summed E-state index contributed by atoms with van der Waals surface area (Å²) in [6, 6.07) is 2.53. The molecule has 0 bridgehead atoms. The number of alkyl halides is 3. The van der Waals surface area contributed by atoms with Crippen LogP contribution in [-0.4, -0.2) is 34.8 Å². The fraction of sp³-hybridized carbons (Fsp3) is 0.417.